The predicted molar refractivity (Wildman–Crippen MR) is 124 cm³/mol. The first-order chi connectivity index (χ1) is 15.4. The van der Waals surface area contributed by atoms with Crippen molar-refractivity contribution in [1.82, 2.24) is 30.6 Å². The minimum Gasteiger partial charge on any atom is -0.474 e. The van der Waals surface area contributed by atoms with Gasteiger partial charge in [-0.25, -0.2) is 15.1 Å². The summed E-state index contributed by atoms with van der Waals surface area (Å²) in [7, 11) is 0. The molecule has 9 heteroatoms. The Balaban J connectivity index is 1.54. The van der Waals surface area contributed by atoms with Crippen LogP contribution in [0.2, 0.25) is 5.02 Å². The first-order valence-electron chi connectivity index (χ1n) is 10.5. The fourth-order valence-corrected chi connectivity index (χ4v) is 5.85. The number of rotatable bonds is 5. The first-order valence-corrected chi connectivity index (χ1v) is 11.7. The van der Waals surface area contributed by atoms with Crippen LogP contribution in [0.15, 0.2) is 36.7 Å². The second-order valence-electron chi connectivity index (χ2n) is 8.55. The SMILES string of the molecule is Cc1cccc2c1CC(c1ncc(-c3cnc(OC(C)C)c(Cl)c3)s1)[C@@]2(C)c1nnn[nH]1. The third kappa shape index (κ3) is 3.38. The molecule has 0 radical (unpaired) electrons. The van der Waals surface area contributed by atoms with Crippen molar-refractivity contribution >= 4 is 22.9 Å². The lowest BCUT2D eigenvalue weighted by molar-refractivity contribution is 0.233. The molecule has 0 fully saturated rings. The van der Waals surface area contributed by atoms with Gasteiger partial charge in [-0.3, -0.25) is 0 Å². The Bertz CT molecular complexity index is 1270. The number of aromatic amines is 1. The number of hydrogen-bond acceptors (Lipinski definition) is 7. The average Bonchev–Trinajstić information content (AvgIpc) is 3.50. The van der Waals surface area contributed by atoms with Crippen LogP contribution in [0.4, 0.5) is 0 Å². The third-order valence-electron chi connectivity index (χ3n) is 6.17. The Morgan fingerprint density at radius 2 is 2.09 bits per heavy atom. The van der Waals surface area contributed by atoms with Gasteiger partial charge in [-0.2, -0.15) is 0 Å². The summed E-state index contributed by atoms with van der Waals surface area (Å²) in [6.07, 6.45) is 4.57. The van der Waals surface area contributed by atoms with E-state index in [-0.39, 0.29) is 12.0 Å². The van der Waals surface area contributed by atoms with Crippen LogP contribution in [-0.4, -0.2) is 36.7 Å². The molecule has 1 unspecified atom stereocenters. The summed E-state index contributed by atoms with van der Waals surface area (Å²) >= 11 is 8.07. The summed E-state index contributed by atoms with van der Waals surface area (Å²) in [5.41, 5.74) is 4.39. The van der Waals surface area contributed by atoms with Gasteiger partial charge in [0.2, 0.25) is 5.88 Å². The molecule has 0 spiro atoms. The van der Waals surface area contributed by atoms with E-state index in [1.165, 1.54) is 16.7 Å². The highest BCUT2D eigenvalue weighted by Gasteiger charge is 2.49. The third-order valence-corrected chi connectivity index (χ3v) is 7.60. The van der Waals surface area contributed by atoms with E-state index in [0.29, 0.717) is 10.9 Å². The second kappa shape index (κ2) is 7.94. The van der Waals surface area contributed by atoms with Gasteiger partial charge in [0.05, 0.1) is 21.4 Å². The van der Waals surface area contributed by atoms with Crippen LogP contribution < -0.4 is 4.74 Å². The molecule has 3 aromatic heterocycles. The highest BCUT2D eigenvalue weighted by molar-refractivity contribution is 7.15. The number of fused-ring (bicyclic) bond motifs is 1. The Morgan fingerprint density at radius 3 is 2.81 bits per heavy atom. The van der Waals surface area contributed by atoms with Gasteiger partial charge in [0.15, 0.2) is 5.82 Å². The van der Waals surface area contributed by atoms with Crippen molar-refractivity contribution in [3.8, 4) is 16.3 Å². The number of H-pyrrole nitrogens is 1. The molecule has 164 valence electrons. The largest absolute Gasteiger partial charge is 0.474 e. The van der Waals surface area contributed by atoms with Crippen LogP contribution in [-0.2, 0) is 11.8 Å². The van der Waals surface area contributed by atoms with Crippen molar-refractivity contribution in [2.45, 2.75) is 51.6 Å². The Kier molecular flexibility index (Phi) is 5.22. The normalized spacial score (nSPS) is 20.0. The molecule has 0 amide bonds. The summed E-state index contributed by atoms with van der Waals surface area (Å²) in [6, 6.07) is 8.31. The zero-order valence-electron chi connectivity index (χ0n) is 18.3. The standard InChI is InChI=1S/C23H23ClN6OS/c1-12(2)31-20-18(24)8-14(10-25-20)19-11-26-21(32-19)17-9-15-13(3)6-5-7-16(15)23(17,4)22-27-29-30-28-22/h5-8,10-12,17H,9H2,1-4H3,(H,27,28,29,30)/t17?,23-/m0/s1. The van der Waals surface area contributed by atoms with Gasteiger partial charge < -0.3 is 4.74 Å². The van der Waals surface area contributed by atoms with E-state index < -0.39 is 5.41 Å². The molecule has 1 aliphatic carbocycles. The van der Waals surface area contributed by atoms with Crippen molar-refractivity contribution in [2.75, 3.05) is 0 Å². The number of thiazole rings is 1. The van der Waals surface area contributed by atoms with Gasteiger partial charge in [-0.15, -0.1) is 16.4 Å². The Hall–Kier alpha value is -2.84. The van der Waals surface area contributed by atoms with Crippen molar-refractivity contribution in [1.29, 1.82) is 0 Å². The molecule has 7 nitrogen and oxygen atoms in total. The molecule has 3 heterocycles. The lowest BCUT2D eigenvalue weighted by Crippen LogP contribution is -2.29. The summed E-state index contributed by atoms with van der Waals surface area (Å²) in [6.45, 7) is 8.25. The topological polar surface area (TPSA) is 89.5 Å². The van der Waals surface area contributed by atoms with Gasteiger partial charge in [-0.1, -0.05) is 29.8 Å². The number of hydrogen-bond donors (Lipinski definition) is 1. The van der Waals surface area contributed by atoms with Crippen molar-refractivity contribution in [3.63, 3.8) is 0 Å². The molecule has 0 aliphatic heterocycles. The van der Waals surface area contributed by atoms with Crippen LogP contribution in [0.3, 0.4) is 0 Å². The quantitative estimate of drug-likeness (QED) is 0.439. The summed E-state index contributed by atoms with van der Waals surface area (Å²) in [5, 5.41) is 16.5. The van der Waals surface area contributed by atoms with Crippen molar-refractivity contribution < 1.29 is 4.74 Å². The highest BCUT2D eigenvalue weighted by atomic mass is 35.5. The van der Waals surface area contributed by atoms with E-state index in [4.69, 9.17) is 21.3 Å². The van der Waals surface area contributed by atoms with Gasteiger partial charge in [0, 0.05) is 23.9 Å². The fourth-order valence-electron chi connectivity index (χ4n) is 4.51. The van der Waals surface area contributed by atoms with E-state index in [0.717, 1.165) is 27.7 Å². The number of benzene rings is 1. The zero-order chi connectivity index (χ0) is 22.5. The molecule has 1 aliphatic rings. The van der Waals surface area contributed by atoms with E-state index in [2.05, 4.69) is 57.7 Å². The van der Waals surface area contributed by atoms with Gasteiger partial charge in [0.25, 0.3) is 0 Å². The summed E-state index contributed by atoms with van der Waals surface area (Å²) in [5.74, 6) is 1.31. The molecule has 0 saturated heterocycles. The van der Waals surface area contributed by atoms with Crippen LogP contribution in [0.5, 0.6) is 5.88 Å². The molecule has 5 rings (SSSR count). The number of halogens is 1. The Morgan fingerprint density at radius 1 is 1.25 bits per heavy atom. The van der Waals surface area contributed by atoms with Crippen LogP contribution in [0.25, 0.3) is 10.4 Å². The maximum absolute atomic E-state index is 6.42. The molecule has 32 heavy (non-hydrogen) atoms. The lowest BCUT2D eigenvalue weighted by Gasteiger charge is -2.28. The molecule has 0 saturated carbocycles. The zero-order valence-corrected chi connectivity index (χ0v) is 19.8. The number of aryl methyl sites for hydroxylation is 1. The van der Waals surface area contributed by atoms with E-state index in [9.17, 15) is 0 Å². The smallest absolute Gasteiger partial charge is 0.232 e. The molecule has 4 aromatic rings. The van der Waals surface area contributed by atoms with E-state index in [1.807, 2.05) is 26.1 Å². The van der Waals surface area contributed by atoms with Gasteiger partial charge in [0.1, 0.15) is 5.02 Å². The minimum absolute atomic E-state index is 0.0107. The number of aromatic nitrogens is 6. The van der Waals surface area contributed by atoms with Crippen LogP contribution in [0.1, 0.15) is 54.2 Å². The maximum Gasteiger partial charge on any atom is 0.232 e. The monoisotopic (exact) mass is 466 g/mol. The predicted octanol–water partition coefficient (Wildman–Crippen LogP) is 5.11. The first kappa shape index (κ1) is 21.0. The fraction of sp³-hybridized carbons (Fsp3) is 0.348. The van der Waals surface area contributed by atoms with Gasteiger partial charge in [-0.05, 0) is 67.3 Å². The second-order valence-corrected chi connectivity index (χ2v) is 10.0. The number of nitrogens with one attached hydrogen (secondary N) is 1. The molecule has 2 atom stereocenters. The van der Waals surface area contributed by atoms with Gasteiger partial charge >= 0.3 is 0 Å². The van der Waals surface area contributed by atoms with Crippen LogP contribution >= 0.6 is 22.9 Å². The van der Waals surface area contributed by atoms with Crippen molar-refractivity contribution in [3.05, 3.63) is 69.2 Å². The molecule has 1 N–H and O–H groups in total. The number of nitrogens with zero attached hydrogens (tertiary/aromatic N) is 5. The molecular weight excluding hydrogens is 444 g/mol. The summed E-state index contributed by atoms with van der Waals surface area (Å²) < 4.78 is 5.66. The molecule has 1 aromatic carbocycles. The van der Waals surface area contributed by atoms with E-state index >= 15 is 0 Å². The highest BCUT2D eigenvalue weighted by Crippen LogP contribution is 2.53. The summed E-state index contributed by atoms with van der Waals surface area (Å²) in [4.78, 5) is 10.2. The Labute approximate surface area is 195 Å². The lowest BCUT2D eigenvalue weighted by atomic mass is 9.76. The maximum atomic E-state index is 6.42. The number of ether oxygens (including phenoxy) is 1. The number of pyridine rings is 1. The average molecular weight is 467 g/mol. The van der Waals surface area contributed by atoms with E-state index in [1.54, 1.807) is 17.5 Å². The van der Waals surface area contributed by atoms with Crippen LogP contribution in [0, 0.1) is 6.92 Å². The number of tetrazole rings is 1. The molecular formula is C23H23ClN6OS. The minimum atomic E-state index is -0.398. The molecule has 0 bridgehead atoms. The van der Waals surface area contributed by atoms with Crippen molar-refractivity contribution in [2.24, 2.45) is 0 Å².